The number of aromatic nitrogens is 1. The fourth-order valence-electron chi connectivity index (χ4n) is 2.98. The fourth-order valence-corrected chi connectivity index (χ4v) is 2.98. The van der Waals surface area contributed by atoms with E-state index in [-0.39, 0.29) is 18.4 Å². The summed E-state index contributed by atoms with van der Waals surface area (Å²) in [6.45, 7) is 6.61. The number of carbonyl (C=O) groups excluding carboxylic acids is 2. The van der Waals surface area contributed by atoms with Gasteiger partial charge in [0.25, 0.3) is 0 Å². The maximum atomic E-state index is 12.6. The Hall–Kier alpha value is -2.34. The number of nitrogens with one attached hydrogen (secondary N) is 1. The van der Waals surface area contributed by atoms with Crippen molar-refractivity contribution in [1.82, 2.24) is 4.57 Å². The van der Waals surface area contributed by atoms with Gasteiger partial charge in [-0.1, -0.05) is 13.8 Å². The lowest BCUT2D eigenvalue weighted by Crippen LogP contribution is -2.41. The fraction of sp³-hybridized carbons (Fsp3) is 0.474. The highest BCUT2D eigenvalue weighted by molar-refractivity contribution is 5.97. The first kappa shape index (κ1) is 19.0. The minimum Gasteiger partial charge on any atom is -0.465 e. The number of nitrogens with two attached hydrogens (primary N) is 1. The highest BCUT2D eigenvalue weighted by Gasteiger charge is 2.33. The number of ether oxygens (including phenoxy) is 1. The van der Waals surface area contributed by atoms with Gasteiger partial charge in [0.2, 0.25) is 5.91 Å². The molecule has 0 saturated carbocycles. The smallest absolute Gasteiger partial charge is 0.325 e. The third-order valence-electron chi connectivity index (χ3n) is 4.86. The number of anilines is 1. The van der Waals surface area contributed by atoms with Crippen molar-refractivity contribution in [1.29, 1.82) is 0 Å². The van der Waals surface area contributed by atoms with Gasteiger partial charge in [-0.05, 0) is 44.0 Å². The molecule has 25 heavy (non-hydrogen) atoms. The van der Waals surface area contributed by atoms with E-state index in [0.29, 0.717) is 26.0 Å². The summed E-state index contributed by atoms with van der Waals surface area (Å²) in [6.07, 6.45) is 3.24. The molecule has 0 spiro atoms. The second-order valence-electron chi connectivity index (χ2n) is 6.17. The monoisotopic (exact) mass is 345 g/mol. The number of esters is 1. The number of amides is 1. The first-order valence-electron chi connectivity index (χ1n) is 8.75. The molecule has 0 bridgehead atoms. The molecule has 3 N–H and O–H groups in total. The third-order valence-corrected chi connectivity index (χ3v) is 4.86. The molecule has 1 heterocycles. The summed E-state index contributed by atoms with van der Waals surface area (Å²) in [5, 5.41) is 3.93. The van der Waals surface area contributed by atoms with Crippen molar-refractivity contribution < 1.29 is 14.3 Å². The van der Waals surface area contributed by atoms with E-state index in [1.165, 1.54) is 0 Å². The van der Waals surface area contributed by atoms with Gasteiger partial charge in [0.05, 0.1) is 12.0 Å². The lowest BCUT2D eigenvalue weighted by molar-refractivity contribution is -0.143. The van der Waals surface area contributed by atoms with Crippen LogP contribution in [-0.2, 0) is 20.9 Å². The molecule has 0 aliphatic carbocycles. The van der Waals surface area contributed by atoms with Crippen LogP contribution in [0.2, 0.25) is 0 Å². The highest BCUT2D eigenvalue weighted by Crippen LogP contribution is 2.28. The summed E-state index contributed by atoms with van der Waals surface area (Å²) < 4.78 is 6.82. The Morgan fingerprint density at radius 1 is 1.20 bits per heavy atom. The van der Waals surface area contributed by atoms with Gasteiger partial charge in [-0.2, -0.15) is 0 Å². The van der Waals surface area contributed by atoms with E-state index in [2.05, 4.69) is 5.32 Å². The lowest BCUT2D eigenvalue weighted by Gasteiger charge is -2.28. The zero-order valence-corrected chi connectivity index (χ0v) is 15.2. The van der Waals surface area contributed by atoms with Gasteiger partial charge in [0.1, 0.15) is 6.54 Å². The van der Waals surface area contributed by atoms with E-state index in [9.17, 15) is 9.59 Å². The van der Waals surface area contributed by atoms with Gasteiger partial charge in [-0.15, -0.1) is 0 Å². The molecule has 136 valence electrons. The Kier molecular flexibility index (Phi) is 6.20. The molecule has 6 nitrogen and oxygen atoms in total. The molecule has 0 fully saturated rings. The van der Waals surface area contributed by atoms with E-state index in [1.54, 1.807) is 6.92 Å². The number of benzene rings is 1. The van der Waals surface area contributed by atoms with Crippen molar-refractivity contribution in [2.24, 2.45) is 11.1 Å². The second kappa shape index (κ2) is 8.16. The van der Waals surface area contributed by atoms with Crippen molar-refractivity contribution in [3.8, 4) is 0 Å². The summed E-state index contributed by atoms with van der Waals surface area (Å²) in [5.41, 5.74) is 6.95. The van der Waals surface area contributed by atoms with Crippen molar-refractivity contribution in [2.45, 2.75) is 40.2 Å². The first-order valence-corrected chi connectivity index (χ1v) is 8.75. The van der Waals surface area contributed by atoms with Gasteiger partial charge in [0.15, 0.2) is 0 Å². The van der Waals surface area contributed by atoms with Crippen molar-refractivity contribution in [2.75, 3.05) is 18.5 Å². The molecule has 0 aliphatic rings. The summed E-state index contributed by atoms with van der Waals surface area (Å²) >= 11 is 0. The first-order chi connectivity index (χ1) is 12.0. The number of hydrogen-bond donors (Lipinski definition) is 2. The molecule has 6 heteroatoms. The average molecular weight is 345 g/mol. The van der Waals surface area contributed by atoms with Crippen LogP contribution < -0.4 is 11.1 Å². The zero-order valence-electron chi connectivity index (χ0n) is 15.2. The van der Waals surface area contributed by atoms with Crippen LogP contribution in [0.25, 0.3) is 10.9 Å². The third kappa shape index (κ3) is 4.02. The van der Waals surface area contributed by atoms with Crippen LogP contribution in [0.1, 0.15) is 33.6 Å². The maximum absolute atomic E-state index is 12.6. The Morgan fingerprint density at radius 3 is 2.52 bits per heavy atom. The van der Waals surface area contributed by atoms with Gasteiger partial charge in [0, 0.05) is 29.3 Å². The van der Waals surface area contributed by atoms with Crippen LogP contribution >= 0.6 is 0 Å². The number of carbonyl (C=O) groups is 2. The van der Waals surface area contributed by atoms with Crippen molar-refractivity contribution in [3.63, 3.8) is 0 Å². The predicted octanol–water partition coefficient (Wildman–Crippen LogP) is 2.91. The van der Waals surface area contributed by atoms with E-state index in [1.807, 2.05) is 48.9 Å². The molecule has 1 aromatic carbocycles. The molecule has 0 radical (unpaired) electrons. The predicted molar refractivity (Wildman–Crippen MR) is 99.3 cm³/mol. The Balaban J connectivity index is 2.19. The van der Waals surface area contributed by atoms with Crippen LogP contribution in [0, 0.1) is 5.41 Å². The molecule has 2 rings (SSSR count). The molecule has 0 atom stereocenters. The summed E-state index contributed by atoms with van der Waals surface area (Å²) in [7, 11) is 0. The Labute approximate surface area is 148 Å². The number of fused-ring (bicyclic) bond motifs is 1. The zero-order chi connectivity index (χ0) is 18.4. The normalized spacial score (nSPS) is 11.5. The topological polar surface area (TPSA) is 86.3 Å². The van der Waals surface area contributed by atoms with Crippen LogP contribution in [-0.4, -0.2) is 29.6 Å². The van der Waals surface area contributed by atoms with E-state index in [4.69, 9.17) is 10.5 Å². The minimum absolute atomic E-state index is 0.0506. The molecule has 0 unspecified atom stereocenters. The molecular formula is C19H27N3O3. The second-order valence-corrected chi connectivity index (χ2v) is 6.17. The largest absolute Gasteiger partial charge is 0.465 e. The maximum Gasteiger partial charge on any atom is 0.325 e. The molecule has 0 aliphatic heterocycles. The lowest BCUT2D eigenvalue weighted by atomic mass is 9.81. The Morgan fingerprint density at radius 2 is 1.92 bits per heavy atom. The molecule has 2 aromatic rings. The van der Waals surface area contributed by atoms with Crippen LogP contribution in [0.15, 0.2) is 30.5 Å². The van der Waals surface area contributed by atoms with Gasteiger partial charge in [-0.3, -0.25) is 9.59 Å². The summed E-state index contributed by atoms with van der Waals surface area (Å²) in [6, 6.07) is 7.56. The molecule has 0 saturated heterocycles. The molecular weight excluding hydrogens is 318 g/mol. The summed E-state index contributed by atoms with van der Waals surface area (Å²) in [4.78, 5) is 24.3. The van der Waals surface area contributed by atoms with Crippen LogP contribution in [0.4, 0.5) is 5.69 Å². The van der Waals surface area contributed by atoms with Gasteiger partial charge < -0.3 is 20.4 Å². The minimum atomic E-state index is -0.537. The molecule has 1 amide bonds. The van der Waals surface area contributed by atoms with Crippen LogP contribution in [0.5, 0.6) is 0 Å². The van der Waals surface area contributed by atoms with E-state index >= 15 is 0 Å². The number of hydrogen-bond acceptors (Lipinski definition) is 4. The highest BCUT2D eigenvalue weighted by atomic mass is 16.5. The van der Waals surface area contributed by atoms with Gasteiger partial charge in [-0.25, -0.2) is 0 Å². The van der Waals surface area contributed by atoms with E-state index < -0.39 is 5.41 Å². The Bertz CT molecular complexity index is 739. The molecule has 1 aromatic heterocycles. The van der Waals surface area contributed by atoms with Crippen molar-refractivity contribution >= 4 is 28.5 Å². The quantitative estimate of drug-likeness (QED) is 0.720. The van der Waals surface area contributed by atoms with Crippen molar-refractivity contribution in [3.05, 3.63) is 30.5 Å². The van der Waals surface area contributed by atoms with Gasteiger partial charge >= 0.3 is 5.97 Å². The summed E-state index contributed by atoms with van der Waals surface area (Å²) in [5.74, 6) is -0.318. The van der Waals surface area contributed by atoms with Crippen LogP contribution in [0.3, 0.4) is 0 Å². The standard InChI is InChI=1S/C19H27N3O3/c1-4-19(5-2,13-20)18(24)21-15-7-8-16-14(11-15)9-10-22(16)12-17(23)25-6-3/h7-11H,4-6,12-13,20H2,1-3H3,(H,21,24). The number of nitrogens with zero attached hydrogens (tertiary/aromatic N) is 1. The van der Waals surface area contributed by atoms with E-state index in [0.717, 1.165) is 16.6 Å². The number of rotatable bonds is 8. The average Bonchev–Trinajstić information content (AvgIpc) is 2.99. The SMILES string of the molecule is CCOC(=O)Cn1ccc2cc(NC(=O)C(CC)(CC)CN)ccc21.